The number of nitrogens with one attached hydrogen (secondary N) is 3. The average molecular weight is 393 g/mol. The summed E-state index contributed by atoms with van der Waals surface area (Å²) >= 11 is 0. The van der Waals surface area contributed by atoms with Gasteiger partial charge in [-0.05, 0) is 42.5 Å². The largest absolute Gasteiger partial charge is 0.344 e. The Morgan fingerprint density at radius 3 is 2.45 bits per heavy atom. The number of hydrogen-bond donors (Lipinski definition) is 3. The van der Waals surface area contributed by atoms with Gasteiger partial charge in [-0.15, -0.1) is 0 Å². The summed E-state index contributed by atoms with van der Waals surface area (Å²) in [4.78, 5) is 26.4. The summed E-state index contributed by atoms with van der Waals surface area (Å²) in [6.45, 7) is 2.22. The third-order valence-corrected chi connectivity index (χ3v) is 6.22. The molecule has 2 aromatic rings. The first-order valence-electron chi connectivity index (χ1n) is 10.8. The molecule has 1 heterocycles. The van der Waals surface area contributed by atoms with E-state index in [1.54, 1.807) is 0 Å². The van der Waals surface area contributed by atoms with Crippen LogP contribution >= 0.6 is 0 Å². The van der Waals surface area contributed by atoms with Crippen LogP contribution in [0.5, 0.6) is 0 Å². The van der Waals surface area contributed by atoms with Gasteiger partial charge in [0.25, 0.3) is 5.91 Å². The second-order valence-corrected chi connectivity index (χ2v) is 8.27. The van der Waals surface area contributed by atoms with Crippen LogP contribution in [0.25, 0.3) is 0 Å². The number of fused-ring (bicyclic) bond motifs is 1. The molecule has 5 nitrogen and oxygen atoms in total. The predicted octanol–water partition coefficient (Wildman–Crippen LogP) is 2.11. The van der Waals surface area contributed by atoms with Crippen molar-refractivity contribution < 1.29 is 14.5 Å². The smallest absolute Gasteiger partial charge is 0.275 e. The number of aryl methyl sites for hydroxylation is 1. The number of hydrogen-bond acceptors (Lipinski definition) is 2. The third kappa shape index (κ3) is 5.04. The lowest BCUT2D eigenvalue weighted by molar-refractivity contribution is -0.897. The Kier molecular flexibility index (Phi) is 6.25. The molecule has 29 heavy (non-hydrogen) atoms. The van der Waals surface area contributed by atoms with Crippen molar-refractivity contribution in [1.29, 1.82) is 0 Å². The van der Waals surface area contributed by atoms with E-state index < -0.39 is 0 Å². The minimum Gasteiger partial charge on any atom is -0.344 e. The molecule has 3 N–H and O–H groups in total. The van der Waals surface area contributed by atoms with Gasteiger partial charge in [-0.25, -0.2) is 0 Å². The number of carbonyl (C=O) groups is 2. The molecule has 0 aromatic heterocycles. The van der Waals surface area contributed by atoms with Crippen LogP contribution in [0, 0.1) is 5.92 Å². The summed E-state index contributed by atoms with van der Waals surface area (Å²) in [5.74, 6) is 0.250. The fourth-order valence-electron chi connectivity index (χ4n) is 4.61. The molecule has 2 amide bonds. The molecule has 0 radical (unpaired) electrons. The molecule has 0 saturated carbocycles. The monoisotopic (exact) mass is 392 g/mol. The van der Waals surface area contributed by atoms with Gasteiger partial charge in [-0.2, -0.15) is 0 Å². The lowest BCUT2D eigenvalue weighted by Gasteiger charge is -2.30. The van der Waals surface area contributed by atoms with Crippen molar-refractivity contribution in [1.82, 2.24) is 5.32 Å². The van der Waals surface area contributed by atoms with Gasteiger partial charge in [0.15, 0.2) is 6.54 Å². The lowest BCUT2D eigenvalue weighted by Crippen LogP contribution is -3.14. The van der Waals surface area contributed by atoms with Crippen molar-refractivity contribution in [2.45, 2.75) is 38.1 Å². The Balaban J connectivity index is 1.24. The quantitative estimate of drug-likeness (QED) is 0.730. The van der Waals surface area contributed by atoms with Crippen molar-refractivity contribution in [3.05, 3.63) is 65.7 Å². The zero-order valence-corrected chi connectivity index (χ0v) is 16.8. The van der Waals surface area contributed by atoms with Crippen LogP contribution in [0.2, 0.25) is 0 Å². The van der Waals surface area contributed by atoms with Gasteiger partial charge in [-0.3, -0.25) is 9.59 Å². The predicted molar refractivity (Wildman–Crippen MR) is 114 cm³/mol. The number of amides is 2. The average Bonchev–Trinajstić information content (AvgIpc) is 2.75. The van der Waals surface area contributed by atoms with Crippen LogP contribution < -0.4 is 15.5 Å². The maximum atomic E-state index is 12.6. The molecule has 1 aliphatic heterocycles. The number of carbonyl (C=O) groups excluding carboxylic acids is 2. The van der Waals surface area contributed by atoms with Gasteiger partial charge < -0.3 is 15.5 Å². The molecule has 0 unspecified atom stereocenters. The molecular weight excluding hydrogens is 362 g/mol. The molecule has 0 bridgehead atoms. The van der Waals surface area contributed by atoms with Crippen LogP contribution in [0.1, 0.15) is 42.9 Å². The Labute approximate surface area is 172 Å². The molecule has 1 aliphatic carbocycles. The van der Waals surface area contributed by atoms with Crippen molar-refractivity contribution in [2.75, 3.05) is 25.0 Å². The van der Waals surface area contributed by atoms with Gasteiger partial charge in [0, 0.05) is 24.4 Å². The lowest BCUT2D eigenvalue weighted by atomic mass is 9.88. The maximum absolute atomic E-state index is 12.6. The van der Waals surface area contributed by atoms with E-state index in [1.807, 2.05) is 30.3 Å². The Morgan fingerprint density at radius 2 is 1.66 bits per heavy atom. The fraction of sp³-hybridized carbons (Fsp3) is 0.417. The number of para-hydroxylation sites is 1. The summed E-state index contributed by atoms with van der Waals surface area (Å²) in [5, 5.41) is 6.25. The van der Waals surface area contributed by atoms with E-state index in [1.165, 1.54) is 16.0 Å². The summed E-state index contributed by atoms with van der Waals surface area (Å²) in [7, 11) is 0. The Hall–Kier alpha value is -2.66. The molecule has 2 aromatic carbocycles. The third-order valence-electron chi connectivity index (χ3n) is 6.22. The van der Waals surface area contributed by atoms with E-state index in [0.29, 0.717) is 6.54 Å². The molecule has 2 aliphatic rings. The number of anilines is 1. The minimum absolute atomic E-state index is 0.0345. The van der Waals surface area contributed by atoms with Crippen LogP contribution in [0.15, 0.2) is 54.6 Å². The van der Waals surface area contributed by atoms with Crippen molar-refractivity contribution >= 4 is 17.5 Å². The summed E-state index contributed by atoms with van der Waals surface area (Å²) < 4.78 is 0. The number of piperidine rings is 1. The Morgan fingerprint density at radius 1 is 0.931 bits per heavy atom. The number of quaternary nitrogens is 1. The SMILES string of the molecule is O=C(C[NH+]1CCC(C(=O)Nc2ccccc2)CC1)N[C@@H]1CCCc2ccccc21. The topological polar surface area (TPSA) is 62.6 Å². The van der Waals surface area contributed by atoms with Gasteiger partial charge in [0.05, 0.1) is 19.1 Å². The van der Waals surface area contributed by atoms with Gasteiger partial charge in [0.1, 0.15) is 0 Å². The first kappa shape index (κ1) is 19.6. The van der Waals surface area contributed by atoms with Crippen molar-refractivity contribution in [2.24, 2.45) is 5.92 Å². The van der Waals surface area contributed by atoms with E-state index in [-0.39, 0.29) is 23.8 Å². The highest BCUT2D eigenvalue weighted by molar-refractivity contribution is 5.92. The highest BCUT2D eigenvalue weighted by atomic mass is 16.2. The van der Waals surface area contributed by atoms with E-state index in [2.05, 4.69) is 34.9 Å². The fourth-order valence-corrected chi connectivity index (χ4v) is 4.61. The Bertz CT molecular complexity index is 844. The summed E-state index contributed by atoms with van der Waals surface area (Å²) in [6, 6.07) is 18.2. The molecule has 1 saturated heterocycles. The number of likely N-dealkylation sites (tertiary alicyclic amines) is 1. The number of rotatable bonds is 5. The second kappa shape index (κ2) is 9.23. The number of benzene rings is 2. The molecule has 152 valence electrons. The summed E-state index contributed by atoms with van der Waals surface area (Å²) in [6.07, 6.45) is 4.89. The zero-order valence-electron chi connectivity index (χ0n) is 16.8. The van der Waals surface area contributed by atoms with Crippen LogP contribution in [-0.4, -0.2) is 31.4 Å². The molecule has 5 heteroatoms. The maximum Gasteiger partial charge on any atom is 0.275 e. The van der Waals surface area contributed by atoms with Gasteiger partial charge in [-0.1, -0.05) is 42.5 Å². The first-order chi connectivity index (χ1) is 14.2. The molecule has 1 fully saturated rings. The highest BCUT2D eigenvalue weighted by Crippen LogP contribution is 2.29. The highest BCUT2D eigenvalue weighted by Gasteiger charge is 2.29. The normalized spacial score (nSPS) is 23.7. The standard InChI is InChI=1S/C24H29N3O2/c28-23(26-22-12-6-8-18-7-4-5-11-21(18)22)17-27-15-13-19(14-16-27)24(29)25-20-9-2-1-3-10-20/h1-5,7,9-11,19,22H,6,8,12-17H2,(H,25,29)(H,26,28)/p+1/t22-/m1/s1. The van der Waals surface area contributed by atoms with Crippen LogP contribution in [-0.2, 0) is 16.0 Å². The van der Waals surface area contributed by atoms with Crippen LogP contribution in [0.4, 0.5) is 5.69 Å². The van der Waals surface area contributed by atoms with E-state index in [0.717, 1.165) is 50.9 Å². The second-order valence-electron chi connectivity index (χ2n) is 8.27. The summed E-state index contributed by atoms with van der Waals surface area (Å²) in [5.41, 5.74) is 3.49. The van der Waals surface area contributed by atoms with Crippen molar-refractivity contribution in [3.8, 4) is 0 Å². The van der Waals surface area contributed by atoms with E-state index >= 15 is 0 Å². The van der Waals surface area contributed by atoms with E-state index in [9.17, 15) is 9.59 Å². The van der Waals surface area contributed by atoms with Crippen molar-refractivity contribution in [3.63, 3.8) is 0 Å². The zero-order chi connectivity index (χ0) is 20.1. The first-order valence-corrected chi connectivity index (χ1v) is 10.8. The molecule has 1 atom stereocenters. The molecular formula is C24H30N3O2+. The van der Waals surface area contributed by atoms with Gasteiger partial charge >= 0.3 is 0 Å². The minimum atomic E-state index is 0.0345. The van der Waals surface area contributed by atoms with Gasteiger partial charge in [0.2, 0.25) is 5.91 Å². The molecule has 4 rings (SSSR count). The molecule has 0 spiro atoms. The van der Waals surface area contributed by atoms with E-state index in [4.69, 9.17) is 0 Å². The van der Waals surface area contributed by atoms with Crippen LogP contribution in [0.3, 0.4) is 0 Å².